The number of nitrogens with one attached hydrogen (secondary N) is 2. The van der Waals surface area contributed by atoms with Crippen LogP contribution < -0.4 is 10.9 Å². The second-order valence-corrected chi connectivity index (χ2v) is 7.40. The highest BCUT2D eigenvalue weighted by molar-refractivity contribution is 7.18. The summed E-state index contributed by atoms with van der Waals surface area (Å²) in [5, 5.41) is 3.85. The quantitative estimate of drug-likeness (QED) is 0.755. The third-order valence-electron chi connectivity index (χ3n) is 3.98. The molecule has 3 aromatic rings. The fourth-order valence-corrected chi connectivity index (χ4v) is 3.97. The Morgan fingerprint density at radius 1 is 1.30 bits per heavy atom. The first-order valence-electron chi connectivity index (χ1n) is 7.52. The summed E-state index contributed by atoms with van der Waals surface area (Å²) < 4.78 is 5.84. The van der Waals surface area contributed by atoms with Crippen LogP contribution in [0.1, 0.15) is 24.3 Å². The van der Waals surface area contributed by atoms with Gasteiger partial charge < -0.3 is 10.1 Å². The van der Waals surface area contributed by atoms with Crippen LogP contribution in [0.3, 0.4) is 0 Å². The topological polar surface area (TPSA) is 67.0 Å². The summed E-state index contributed by atoms with van der Waals surface area (Å²) in [6.45, 7) is 4.64. The zero-order chi connectivity index (χ0) is 16.0. The van der Waals surface area contributed by atoms with Crippen LogP contribution in [0.15, 0.2) is 35.1 Å². The number of H-pyrrole nitrogens is 1. The average molecular weight is 327 g/mol. The summed E-state index contributed by atoms with van der Waals surface area (Å²) >= 11 is 1.54. The van der Waals surface area contributed by atoms with Crippen molar-refractivity contribution in [3.8, 4) is 0 Å². The number of hydrogen-bond acceptors (Lipinski definition) is 5. The van der Waals surface area contributed by atoms with Gasteiger partial charge in [-0.3, -0.25) is 9.78 Å². The van der Waals surface area contributed by atoms with Gasteiger partial charge in [0.15, 0.2) is 0 Å². The molecule has 5 nitrogen and oxygen atoms in total. The first-order valence-corrected chi connectivity index (χ1v) is 8.34. The van der Waals surface area contributed by atoms with E-state index in [9.17, 15) is 4.79 Å². The molecule has 0 unspecified atom stereocenters. The molecule has 6 heteroatoms. The second kappa shape index (κ2) is 5.18. The van der Waals surface area contributed by atoms with Crippen molar-refractivity contribution in [2.24, 2.45) is 0 Å². The Balaban J connectivity index is 1.79. The van der Waals surface area contributed by atoms with E-state index in [0.29, 0.717) is 17.9 Å². The van der Waals surface area contributed by atoms with Crippen LogP contribution in [-0.4, -0.2) is 15.6 Å². The summed E-state index contributed by atoms with van der Waals surface area (Å²) in [5.41, 5.74) is 1.64. The Morgan fingerprint density at radius 3 is 2.87 bits per heavy atom. The first kappa shape index (κ1) is 14.4. The molecule has 23 heavy (non-hydrogen) atoms. The second-order valence-electron chi connectivity index (χ2n) is 6.31. The monoisotopic (exact) mass is 327 g/mol. The normalized spacial score (nSPS) is 16.3. The summed E-state index contributed by atoms with van der Waals surface area (Å²) in [7, 11) is 0. The Morgan fingerprint density at radius 2 is 2.09 bits per heavy atom. The van der Waals surface area contributed by atoms with E-state index in [0.717, 1.165) is 27.4 Å². The number of aromatic amines is 1. The number of hydrogen-bond donors (Lipinski definition) is 2. The van der Waals surface area contributed by atoms with Crippen LogP contribution >= 0.6 is 11.3 Å². The van der Waals surface area contributed by atoms with Gasteiger partial charge >= 0.3 is 0 Å². The number of fused-ring (bicyclic) bond motifs is 3. The molecule has 0 bridgehead atoms. The van der Waals surface area contributed by atoms with Gasteiger partial charge in [0.2, 0.25) is 5.95 Å². The summed E-state index contributed by atoms with van der Waals surface area (Å²) in [4.78, 5) is 21.9. The molecule has 1 aliphatic rings. The maximum atomic E-state index is 12.6. The number of anilines is 2. The Hall–Kier alpha value is -2.18. The molecule has 3 heterocycles. The minimum atomic E-state index is -0.242. The van der Waals surface area contributed by atoms with Crippen LogP contribution in [0, 0.1) is 0 Å². The van der Waals surface area contributed by atoms with Crippen molar-refractivity contribution in [1.82, 2.24) is 9.97 Å². The molecule has 1 aromatic carbocycles. The van der Waals surface area contributed by atoms with Gasteiger partial charge in [-0.25, -0.2) is 4.98 Å². The molecule has 2 N–H and O–H groups in total. The van der Waals surface area contributed by atoms with Crippen molar-refractivity contribution in [2.75, 3.05) is 5.32 Å². The lowest BCUT2D eigenvalue weighted by molar-refractivity contribution is -0.0379. The lowest BCUT2D eigenvalue weighted by Gasteiger charge is -2.29. The minimum absolute atomic E-state index is 0.0939. The lowest BCUT2D eigenvalue weighted by atomic mass is 9.94. The molecule has 4 rings (SSSR count). The number of rotatable bonds is 2. The van der Waals surface area contributed by atoms with E-state index in [1.165, 1.54) is 0 Å². The molecule has 118 valence electrons. The van der Waals surface area contributed by atoms with Crippen molar-refractivity contribution in [1.29, 1.82) is 0 Å². The van der Waals surface area contributed by atoms with Crippen molar-refractivity contribution in [3.63, 3.8) is 0 Å². The van der Waals surface area contributed by atoms with Gasteiger partial charge in [0, 0.05) is 17.0 Å². The minimum Gasteiger partial charge on any atom is -0.370 e. The SMILES string of the molecule is CC1(C)Cc2c(sc3nc(Nc4ccccc4)[nH]c(=O)c23)CO1. The van der Waals surface area contributed by atoms with E-state index >= 15 is 0 Å². The highest BCUT2D eigenvalue weighted by Gasteiger charge is 2.30. The Kier molecular flexibility index (Phi) is 3.25. The van der Waals surface area contributed by atoms with Gasteiger partial charge in [0.1, 0.15) is 4.83 Å². The van der Waals surface area contributed by atoms with E-state index in [4.69, 9.17) is 4.74 Å². The standard InChI is InChI=1S/C17H17N3O2S/c1-17(2)8-11-12(9-22-17)23-15-13(11)14(21)19-16(20-15)18-10-6-4-3-5-7-10/h3-7H,8-9H2,1-2H3,(H2,18,19,20,21). The summed E-state index contributed by atoms with van der Waals surface area (Å²) in [6.07, 6.45) is 0.735. The molecule has 0 saturated carbocycles. The van der Waals surface area contributed by atoms with Gasteiger partial charge in [-0.15, -0.1) is 11.3 Å². The molecule has 0 aliphatic carbocycles. The van der Waals surface area contributed by atoms with Gasteiger partial charge in [-0.2, -0.15) is 0 Å². The zero-order valence-electron chi connectivity index (χ0n) is 13.0. The van der Waals surface area contributed by atoms with Crippen molar-refractivity contribution in [2.45, 2.75) is 32.5 Å². The maximum Gasteiger partial charge on any atom is 0.261 e. The van der Waals surface area contributed by atoms with Gasteiger partial charge in [-0.05, 0) is 31.5 Å². The van der Waals surface area contributed by atoms with Crippen molar-refractivity contribution in [3.05, 3.63) is 51.1 Å². The molecule has 1 aliphatic heterocycles. The van der Waals surface area contributed by atoms with Crippen LogP contribution in [-0.2, 0) is 17.8 Å². The van der Waals surface area contributed by atoms with E-state index in [1.54, 1.807) is 11.3 Å². The van der Waals surface area contributed by atoms with Gasteiger partial charge in [0.05, 0.1) is 17.6 Å². The third kappa shape index (κ3) is 2.64. The van der Waals surface area contributed by atoms with Crippen LogP contribution in [0.25, 0.3) is 10.2 Å². The van der Waals surface area contributed by atoms with E-state index in [1.807, 2.05) is 44.2 Å². The highest BCUT2D eigenvalue weighted by Crippen LogP contribution is 2.37. The predicted octanol–water partition coefficient (Wildman–Crippen LogP) is 3.58. The molecule has 0 saturated heterocycles. The number of aromatic nitrogens is 2. The van der Waals surface area contributed by atoms with E-state index < -0.39 is 0 Å². The van der Waals surface area contributed by atoms with E-state index in [2.05, 4.69) is 15.3 Å². The number of benzene rings is 1. The Bertz CT molecular complexity index is 928. The number of ether oxygens (including phenoxy) is 1. The van der Waals surface area contributed by atoms with Crippen LogP contribution in [0.5, 0.6) is 0 Å². The van der Waals surface area contributed by atoms with Crippen molar-refractivity contribution >= 4 is 33.2 Å². The van der Waals surface area contributed by atoms with Gasteiger partial charge in [-0.1, -0.05) is 18.2 Å². The number of thiophene rings is 1. The van der Waals surface area contributed by atoms with Crippen LogP contribution in [0.4, 0.5) is 11.6 Å². The fraction of sp³-hybridized carbons (Fsp3) is 0.294. The largest absolute Gasteiger partial charge is 0.370 e. The molecular weight excluding hydrogens is 310 g/mol. The van der Waals surface area contributed by atoms with Crippen LogP contribution in [0.2, 0.25) is 0 Å². The van der Waals surface area contributed by atoms with E-state index in [-0.39, 0.29) is 11.2 Å². The summed E-state index contributed by atoms with van der Waals surface area (Å²) in [6, 6.07) is 9.67. The molecule has 0 spiro atoms. The predicted molar refractivity (Wildman–Crippen MR) is 92.5 cm³/mol. The smallest absolute Gasteiger partial charge is 0.261 e. The number of para-hydroxylation sites is 1. The average Bonchev–Trinajstić information content (AvgIpc) is 2.85. The van der Waals surface area contributed by atoms with Crippen molar-refractivity contribution < 1.29 is 4.74 Å². The first-order chi connectivity index (χ1) is 11.0. The zero-order valence-corrected chi connectivity index (χ0v) is 13.8. The maximum absolute atomic E-state index is 12.6. The molecule has 0 radical (unpaired) electrons. The molecule has 0 atom stereocenters. The fourth-order valence-electron chi connectivity index (χ4n) is 2.87. The molecular formula is C17H17N3O2S. The Labute approximate surface area is 137 Å². The molecule has 0 amide bonds. The van der Waals surface area contributed by atoms with Gasteiger partial charge in [0.25, 0.3) is 5.56 Å². The third-order valence-corrected chi connectivity index (χ3v) is 5.08. The summed E-state index contributed by atoms with van der Waals surface area (Å²) in [5.74, 6) is 0.465. The lowest BCUT2D eigenvalue weighted by Crippen LogP contribution is -2.31. The highest BCUT2D eigenvalue weighted by atomic mass is 32.1. The molecule has 2 aromatic heterocycles. The molecule has 0 fully saturated rings. The number of nitrogens with zero attached hydrogens (tertiary/aromatic N) is 1.